The lowest BCUT2D eigenvalue weighted by atomic mass is 10.1. The van der Waals surface area contributed by atoms with Crippen molar-refractivity contribution in [1.29, 1.82) is 0 Å². The van der Waals surface area contributed by atoms with Crippen LogP contribution in [0.4, 0.5) is 9.52 Å². The highest BCUT2D eigenvalue weighted by Crippen LogP contribution is 2.29. The zero-order valence-corrected chi connectivity index (χ0v) is 15.4. The molecule has 0 aliphatic rings. The maximum absolute atomic E-state index is 13.4. The largest absolute Gasteiger partial charge is 0.497 e. The predicted molar refractivity (Wildman–Crippen MR) is 103 cm³/mol. The van der Waals surface area contributed by atoms with Gasteiger partial charge in [0.15, 0.2) is 10.9 Å². The normalized spacial score (nSPS) is 10.9. The molecular weight excluding hydrogens is 367 g/mol. The summed E-state index contributed by atoms with van der Waals surface area (Å²) >= 11 is 1.32. The van der Waals surface area contributed by atoms with Crippen molar-refractivity contribution in [3.05, 3.63) is 65.0 Å². The van der Waals surface area contributed by atoms with E-state index in [0.29, 0.717) is 21.7 Å². The van der Waals surface area contributed by atoms with Crippen LogP contribution in [0.5, 0.6) is 5.75 Å². The van der Waals surface area contributed by atoms with E-state index in [9.17, 15) is 9.18 Å². The molecule has 0 aliphatic carbocycles. The minimum Gasteiger partial charge on any atom is -0.497 e. The molecule has 1 amide bonds. The number of nitrogens with zero attached hydrogens (tertiary/aromatic N) is 1. The molecule has 1 N–H and O–H groups in total. The number of aromatic nitrogens is 1. The Hall–Kier alpha value is -3.19. The molecule has 2 aromatic carbocycles. The second kappa shape index (κ2) is 6.85. The Balaban J connectivity index is 1.57. The molecule has 0 saturated heterocycles. The smallest absolute Gasteiger partial charge is 0.293 e. The van der Waals surface area contributed by atoms with Gasteiger partial charge < -0.3 is 9.15 Å². The first-order valence-corrected chi connectivity index (χ1v) is 9.03. The standard InChI is InChI=1S/C20H15FN2O3S/c1-11-15-9-13(21)5-8-17(15)26-18(11)19(24)23-20-22-16(10-27-20)12-3-6-14(25-2)7-4-12/h3-10H,1-2H3,(H,22,23,24). The molecule has 4 rings (SSSR count). The Kier molecular flexibility index (Phi) is 4.37. The van der Waals surface area contributed by atoms with Crippen LogP contribution in [0.15, 0.2) is 52.3 Å². The van der Waals surface area contributed by atoms with Crippen LogP contribution in [0, 0.1) is 12.7 Å². The van der Waals surface area contributed by atoms with E-state index in [-0.39, 0.29) is 11.6 Å². The van der Waals surface area contributed by atoms with Crippen molar-refractivity contribution < 1.29 is 18.3 Å². The van der Waals surface area contributed by atoms with Gasteiger partial charge >= 0.3 is 0 Å². The van der Waals surface area contributed by atoms with Crippen molar-refractivity contribution in [3.8, 4) is 17.0 Å². The van der Waals surface area contributed by atoms with Crippen molar-refractivity contribution in [2.45, 2.75) is 6.92 Å². The number of ether oxygens (including phenoxy) is 1. The average Bonchev–Trinajstić information content (AvgIpc) is 3.27. The Labute approximate surface area is 158 Å². The monoisotopic (exact) mass is 382 g/mol. The fourth-order valence-electron chi connectivity index (χ4n) is 2.79. The van der Waals surface area contributed by atoms with Gasteiger partial charge in [-0.3, -0.25) is 10.1 Å². The quantitative estimate of drug-likeness (QED) is 0.523. The van der Waals surface area contributed by atoms with Crippen LogP contribution in [0.2, 0.25) is 0 Å². The molecule has 0 bridgehead atoms. The van der Waals surface area contributed by atoms with Gasteiger partial charge in [0.05, 0.1) is 12.8 Å². The van der Waals surface area contributed by atoms with E-state index in [2.05, 4.69) is 10.3 Å². The number of rotatable bonds is 4. The first kappa shape index (κ1) is 17.2. The lowest BCUT2D eigenvalue weighted by Gasteiger charge is -2.01. The highest BCUT2D eigenvalue weighted by molar-refractivity contribution is 7.14. The van der Waals surface area contributed by atoms with E-state index < -0.39 is 5.91 Å². The number of anilines is 1. The molecule has 7 heteroatoms. The summed E-state index contributed by atoms with van der Waals surface area (Å²) in [7, 11) is 1.61. The molecule has 0 radical (unpaired) electrons. The second-order valence-electron chi connectivity index (χ2n) is 5.92. The third-order valence-electron chi connectivity index (χ3n) is 4.21. The van der Waals surface area contributed by atoms with Gasteiger partial charge in [-0.25, -0.2) is 9.37 Å². The van der Waals surface area contributed by atoms with E-state index in [1.54, 1.807) is 14.0 Å². The van der Waals surface area contributed by atoms with Gasteiger partial charge in [0, 0.05) is 21.9 Å². The third kappa shape index (κ3) is 3.29. The van der Waals surface area contributed by atoms with Crippen molar-refractivity contribution in [3.63, 3.8) is 0 Å². The zero-order chi connectivity index (χ0) is 19.0. The Morgan fingerprint density at radius 2 is 2.00 bits per heavy atom. The number of methoxy groups -OCH3 is 1. The maximum atomic E-state index is 13.4. The number of halogens is 1. The fraction of sp³-hybridized carbons (Fsp3) is 0.100. The number of carbonyl (C=O) groups excluding carboxylic acids is 1. The summed E-state index contributed by atoms with van der Waals surface area (Å²) < 4.78 is 24.2. The van der Waals surface area contributed by atoms with Crippen LogP contribution in [0.25, 0.3) is 22.2 Å². The highest BCUT2D eigenvalue weighted by atomic mass is 32.1. The van der Waals surface area contributed by atoms with Gasteiger partial charge in [-0.2, -0.15) is 0 Å². The van der Waals surface area contributed by atoms with Crippen LogP contribution < -0.4 is 10.1 Å². The van der Waals surface area contributed by atoms with Crippen molar-refractivity contribution in [1.82, 2.24) is 4.98 Å². The number of thiazole rings is 1. The minimum atomic E-state index is -0.417. The summed E-state index contributed by atoms with van der Waals surface area (Å²) in [6, 6.07) is 11.7. The molecule has 0 fully saturated rings. The van der Waals surface area contributed by atoms with Gasteiger partial charge in [0.25, 0.3) is 5.91 Å². The number of amides is 1. The van der Waals surface area contributed by atoms with E-state index >= 15 is 0 Å². The topological polar surface area (TPSA) is 64.4 Å². The summed E-state index contributed by atoms with van der Waals surface area (Å²) in [4.78, 5) is 17.0. The zero-order valence-electron chi connectivity index (χ0n) is 14.6. The molecular formula is C20H15FN2O3S. The van der Waals surface area contributed by atoms with Gasteiger partial charge in [0.2, 0.25) is 0 Å². The number of benzene rings is 2. The highest BCUT2D eigenvalue weighted by Gasteiger charge is 2.19. The van der Waals surface area contributed by atoms with E-state index in [1.165, 1.54) is 29.5 Å². The summed E-state index contributed by atoms with van der Waals surface area (Å²) in [5.74, 6) is 0.123. The lowest BCUT2D eigenvalue weighted by Crippen LogP contribution is -2.11. The average molecular weight is 382 g/mol. The number of carbonyl (C=O) groups is 1. The molecule has 2 aromatic heterocycles. The predicted octanol–water partition coefficient (Wildman–Crippen LogP) is 5.26. The number of nitrogens with one attached hydrogen (secondary N) is 1. The maximum Gasteiger partial charge on any atom is 0.293 e. The fourth-order valence-corrected chi connectivity index (χ4v) is 3.50. The Morgan fingerprint density at radius 1 is 1.22 bits per heavy atom. The Morgan fingerprint density at radius 3 is 2.74 bits per heavy atom. The summed E-state index contributed by atoms with van der Waals surface area (Å²) in [5.41, 5.74) is 2.73. The molecule has 5 nitrogen and oxygen atoms in total. The van der Waals surface area contributed by atoms with Gasteiger partial charge in [0.1, 0.15) is 17.1 Å². The number of fused-ring (bicyclic) bond motifs is 1. The van der Waals surface area contributed by atoms with Gasteiger partial charge in [-0.15, -0.1) is 11.3 Å². The molecule has 0 unspecified atom stereocenters. The van der Waals surface area contributed by atoms with Crippen LogP contribution in [-0.2, 0) is 0 Å². The first-order chi connectivity index (χ1) is 13.0. The van der Waals surface area contributed by atoms with Crippen LogP contribution >= 0.6 is 11.3 Å². The number of hydrogen-bond donors (Lipinski definition) is 1. The van der Waals surface area contributed by atoms with Crippen molar-refractivity contribution in [2.75, 3.05) is 12.4 Å². The van der Waals surface area contributed by atoms with E-state index in [4.69, 9.17) is 9.15 Å². The third-order valence-corrected chi connectivity index (χ3v) is 4.97. The van der Waals surface area contributed by atoms with Gasteiger partial charge in [-0.1, -0.05) is 0 Å². The number of aryl methyl sites for hydroxylation is 1. The van der Waals surface area contributed by atoms with Crippen LogP contribution in [-0.4, -0.2) is 18.0 Å². The van der Waals surface area contributed by atoms with Crippen LogP contribution in [0.3, 0.4) is 0 Å². The molecule has 0 saturated carbocycles. The minimum absolute atomic E-state index is 0.150. The molecule has 0 atom stereocenters. The van der Waals surface area contributed by atoms with Crippen molar-refractivity contribution in [2.24, 2.45) is 0 Å². The molecule has 27 heavy (non-hydrogen) atoms. The van der Waals surface area contributed by atoms with Crippen molar-refractivity contribution >= 4 is 33.3 Å². The molecule has 4 aromatic rings. The van der Waals surface area contributed by atoms with Crippen LogP contribution in [0.1, 0.15) is 16.1 Å². The molecule has 0 aliphatic heterocycles. The Bertz CT molecular complexity index is 1130. The van der Waals surface area contributed by atoms with Gasteiger partial charge in [-0.05, 0) is 49.4 Å². The number of hydrogen-bond acceptors (Lipinski definition) is 5. The summed E-state index contributed by atoms with van der Waals surface area (Å²) in [6.45, 7) is 1.73. The molecule has 0 spiro atoms. The van der Waals surface area contributed by atoms with E-state index in [0.717, 1.165) is 17.0 Å². The summed E-state index contributed by atoms with van der Waals surface area (Å²) in [5, 5.41) is 5.64. The number of furan rings is 1. The second-order valence-corrected chi connectivity index (χ2v) is 6.78. The summed E-state index contributed by atoms with van der Waals surface area (Å²) in [6.07, 6.45) is 0. The SMILES string of the molecule is COc1ccc(-c2csc(NC(=O)c3oc4ccc(F)cc4c3C)n2)cc1. The molecule has 2 heterocycles. The van der Waals surface area contributed by atoms with E-state index in [1.807, 2.05) is 29.6 Å². The first-order valence-electron chi connectivity index (χ1n) is 8.15. The molecule has 136 valence electrons. The lowest BCUT2D eigenvalue weighted by molar-refractivity contribution is 0.0998.